The topological polar surface area (TPSA) is 229 Å². The number of benzene rings is 2. The van der Waals surface area contributed by atoms with Crippen LogP contribution in [0.25, 0.3) is 10.9 Å². The second-order valence-electron chi connectivity index (χ2n) is 20.6. The van der Waals surface area contributed by atoms with Gasteiger partial charge >= 0.3 is 12.1 Å². The van der Waals surface area contributed by atoms with Crippen LogP contribution in [-0.2, 0) is 67.2 Å². The standard InChI is InChI=1S/C56H77ClN6O13/c1-34-14-13-15-36(3)56(70)32-46(74-54(69)60-56)37(4)51-55(6,76-51)47(31-49(66)62(9)44-28-39(26-34)29-45(71-10)50(44)57)75-53(68)38(5)61(8)48(65)19-22-72-24-25-73-23-20-59-52(67)35(2)27-42(64)18-21-63-41(33-58-7)30-40-16-11-12-17-43(40)63/h11-17,28-30,35-38,46-47,51,58,70H,18-27,31-33H2,1-10H3,(H,59,67)(H,60,69)/b15-13+,34-14+/t35-,36-,37-,38+,46+,47+,51+,55-,56+/m1/s1. The zero-order valence-electron chi connectivity index (χ0n) is 45.6. The number of methoxy groups -OCH3 is 1. The normalized spacial score (nSPS) is 25.7. The third kappa shape index (κ3) is 14.8. The molecule has 2 fully saturated rings. The maximum absolute atomic E-state index is 14.3. The molecule has 76 heavy (non-hydrogen) atoms. The highest BCUT2D eigenvalue weighted by Crippen LogP contribution is 2.49. The van der Waals surface area contributed by atoms with Gasteiger partial charge in [0.15, 0.2) is 0 Å². The lowest BCUT2D eigenvalue weighted by molar-refractivity contribution is -0.162. The lowest BCUT2D eigenvalue weighted by Gasteiger charge is -2.41. The summed E-state index contributed by atoms with van der Waals surface area (Å²) in [5, 5.41) is 21.7. The average molecular weight is 1080 g/mol. The predicted octanol–water partition coefficient (Wildman–Crippen LogP) is 6.03. The Hall–Kier alpha value is -5.83. The monoisotopic (exact) mass is 1080 g/mol. The molecule has 416 valence electrons. The molecule has 20 heteroatoms. The van der Waals surface area contributed by atoms with E-state index in [9.17, 15) is 33.9 Å². The molecular weight excluding hydrogens is 1000 g/mol. The van der Waals surface area contributed by atoms with Crippen LogP contribution in [-0.4, -0.2) is 147 Å². The summed E-state index contributed by atoms with van der Waals surface area (Å²) in [6.45, 7) is 12.6. The zero-order chi connectivity index (χ0) is 55.5. The first-order valence-corrected chi connectivity index (χ1v) is 26.5. The minimum atomic E-state index is -1.65. The number of carbonyl (C=O) groups is 6. The molecule has 0 spiro atoms. The maximum atomic E-state index is 14.3. The zero-order valence-corrected chi connectivity index (χ0v) is 46.3. The smallest absolute Gasteiger partial charge is 0.409 e. The number of hydrogen-bond acceptors (Lipinski definition) is 14. The van der Waals surface area contributed by atoms with Crippen LogP contribution in [0.3, 0.4) is 0 Å². The second kappa shape index (κ2) is 26.5. The highest BCUT2D eigenvalue weighted by Gasteiger charge is 2.64. The number of Topliss-reactive ketones (excluding diaryl/α,β-unsaturated/α-hetero) is 1. The van der Waals surface area contributed by atoms with Crippen molar-refractivity contribution in [3.05, 3.63) is 82.5 Å². The first kappa shape index (κ1) is 59.4. The van der Waals surface area contributed by atoms with Crippen molar-refractivity contribution in [2.45, 2.75) is 129 Å². The second-order valence-corrected chi connectivity index (χ2v) is 21.0. The Morgan fingerprint density at radius 1 is 1.04 bits per heavy atom. The molecule has 1 aromatic heterocycles. The number of amides is 4. The summed E-state index contributed by atoms with van der Waals surface area (Å²) in [5.74, 6) is -3.05. The van der Waals surface area contributed by atoms with Gasteiger partial charge in [-0.3, -0.25) is 24.5 Å². The molecule has 2 saturated heterocycles. The van der Waals surface area contributed by atoms with Crippen LogP contribution in [0.4, 0.5) is 10.5 Å². The van der Waals surface area contributed by atoms with Crippen LogP contribution in [0.15, 0.2) is 66.3 Å². The van der Waals surface area contributed by atoms with E-state index in [4.69, 9.17) is 40.0 Å². The van der Waals surface area contributed by atoms with E-state index < -0.39 is 77.3 Å². The van der Waals surface area contributed by atoms with Crippen LogP contribution >= 0.6 is 11.6 Å². The Labute approximate surface area is 450 Å². The Balaban J connectivity index is 0.982. The van der Waals surface area contributed by atoms with E-state index >= 15 is 0 Å². The minimum Gasteiger partial charge on any atom is -0.495 e. The number of alkyl carbamates (subject to hydrolysis) is 1. The number of para-hydroxylation sites is 1. The van der Waals surface area contributed by atoms with Gasteiger partial charge in [0, 0.05) is 82.0 Å². The third-order valence-electron chi connectivity index (χ3n) is 14.9. The summed E-state index contributed by atoms with van der Waals surface area (Å²) in [4.78, 5) is 82.9. The number of allylic oxidation sites excluding steroid dienone is 3. The summed E-state index contributed by atoms with van der Waals surface area (Å²) >= 11 is 6.81. The quantitative estimate of drug-likeness (QED) is 0.0543. The first-order valence-electron chi connectivity index (χ1n) is 26.1. The van der Waals surface area contributed by atoms with Gasteiger partial charge in [-0.25, -0.2) is 9.59 Å². The molecular formula is C56H77ClN6O13. The molecule has 3 aliphatic heterocycles. The fraction of sp³-hybridized carbons (Fsp3) is 0.571. The number of likely N-dealkylation sites (N-methyl/N-ethyl adjacent to an activating group) is 1. The van der Waals surface area contributed by atoms with Gasteiger partial charge in [0.25, 0.3) is 0 Å². The molecule has 0 aliphatic carbocycles. The van der Waals surface area contributed by atoms with E-state index in [-0.39, 0.29) is 75.4 Å². The lowest BCUT2D eigenvalue weighted by atomic mass is 9.82. The fourth-order valence-electron chi connectivity index (χ4n) is 9.83. The number of ketones is 1. The summed E-state index contributed by atoms with van der Waals surface area (Å²) < 4.78 is 37.2. The molecule has 4 heterocycles. The van der Waals surface area contributed by atoms with Gasteiger partial charge < -0.3 is 58.5 Å². The number of nitrogens with zero attached hydrogens (tertiary/aromatic N) is 3. The average Bonchev–Trinajstić information content (AvgIpc) is 3.97. The molecule has 0 radical (unpaired) electrons. The van der Waals surface area contributed by atoms with Crippen molar-refractivity contribution in [2.75, 3.05) is 66.1 Å². The van der Waals surface area contributed by atoms with Gasteiger partial charge in [-0.1, -0.05) is 74.4 Å². The van der Waals surface area contributed by atoms with Crippen molar-refractivity contribution in [2.24, 2.45) is 17.8 Å². The lowest BCUT2D eigenvalue weighted by Crippen LogP contribution is -2.60. The number of carbonyl (C=O) groups excluding carboxylic acids is 6. The number of aryl methyl sites for hydroxylation is 1. The Morgan fingerprint density at radius 3 is 2.49 bits per heavy atom. The van der Waals surface area contributed by atoms with Crippen molar-refractivity contribution in [3.63, 3.8) is 0 Å². The molecule has 4 amide bonds. The van der Waals surface area contributed by atoms with Crippen molar-refractivity contribution in [3.8, 4) is 5.75 Å². The van der Waals surface area contributed by atoms with Crippen LogP contribution < -0.4 is 25.6 Å². The Bertz CT molecular complexity index is 2640. The molecule has 19 nitrogen and oxygen atoms in total. The molecule has 6 rings (SSSR count). The number of epoxide rings is 1. The molecule has 2 aromatic carbocycles. The minimum absolute atomic E-state index is 0.00983. The third-order valence-corrected chi connectivity index (χ3v) is 15.3. The van der Waals surface area contributed by atoms with E-state index in [2.05, 4.69) is 32.7 Å². The van der Waals surface area contributed by atoms with Gasteiger partial charge in [0.2, 0.25) is 17.7 Å². The maximum Gasteiger partial charge on any atom is 0.409 e. The SMILES string of the molecule is CNCc1cc2ccccc2n1CCC(=O)C[C@@H](C)C(=O)NCCOCCOCCC(=O)N(C)[C@@H](C)C(=O)O[C@H]1CC(=O)N(C)c2cc(cc(OC)c2Cl)C/C(C)=C/C=C/[C@@H](C)[C@@]2(O)C[C@H](OC(=O)N2)[C@@H](C)[C@@H]2O[C@]12C. The number of ether oxygens (including phenoxy) is 6. The molecule has 0 unspecified atom stereocenters. The van der Waals surface area contributed by atoms with Crippen molar-refractivity contribution < 1.29 is 62.3 Å². The van der Waals surface area contributed by atoms with E-state index in [1.807, 2.05) is 57.3 Å². The van der Waals surface area contributed by atoms with Gasteiger partial charge in [0.1, 0.15) is 46.1 Å². The predicted molar refractivity (Wildman–Crippen MR) is 287 cm³/mol. The number of fused-ring (bicyclic) bond motifs is 6. The number of aliphatic hydroxyl groups is 1. The van der Waals surface area contributed by atoms with E-state index in [1.54, 1.807) is 40.0 Å². The Kier molecular flexibility index (Phi) is 20.7. The van der Waals surface area contributed by atoms with Crippen LogP contribution in [0.1, 0.15) is 84.9 Å². The molecule has 9 atom stereocenters. The van der Waals surface area contributed by atoms with Gasteiger partial charge in [-0.05, 0) is 69.5 Å². The molecule has 3 aliphatic rings. The largest absolute Gasteiger partial charge is 0.495 e. The van der Waals surface area contributed by atoms with Gasteiger partial charge in [-0.2, -0.15) is 0 Å². The summed E-state index contributed by atoms with van der Waals surface area (Å²) in [5.41, 5.74) is 1.40. The molecule has 4 bridgehead atoms. The highest BCUT2D eigenvalue weighted by atomic mass is 35.5. The Morgan fingerprint density at radius 2 is 1.76 bits per heavy atom. The number of hydrogen-bond donors (Lipinski definition) is 4. The molecule has 0 saturated carbocycles. The fourth-order valence-corrected chi connectivity index (χ4v) is 10.1. The van der Waals surface area contributed by atoms with Gasteiger partial charge in [-0.15, -0.1) is 0 Å². The van der Waals surface area contributed by atoms with E-state index in [1.165, 1.54) is 30.9 Å². The number of anilines is 1. The number of rotatable bonds is 21. The van der Waals surface area contributed by atoms with Crippen molar-refractivity contribution in [1.82, 2.24) is 25.4 Å². The number of nitrogens with one attached hydrogen (secondary N) is 3. The van der Waals surface area contributed by atoms with Crippen LogP contribution in [0.5, 0.6) is 5.75 Å². The molecule has 4 N–H and O–H groups in total. The highest BCUT2D eigenvalue weighted by molar-refractivity contribution is 6.35. The van der Waals surface area contributed by atoms with Crippen molar-refractivity contribution in [1.29, 1.82) is 0 Å². The number of aromatic nitrogens is 1. The summed E-state index contributed by atoms with van der Waals surface area (Å²) in [7, 11) is 6.41. The van der Waals surface area contributed by atoms with Crippen LogP contribution in [0, 0.1) is 17.8 Å². The summed E-state index contributed by atoms with van der Waals surface area (Å²) in [6, 6.07) is 12.7. The molecule has 3 aromatic rings. The number of halogens is 1. The summed E-state index contributed by atoms with van der Waals surface area (Å²) in [6.07, 6.45) is 2.62. The van der Waals surface area contributed by atoms with Crippen molar-refractivity contribution >= 4 is 63.8 Å². The van der Waals surface area contributed by atoms with Crippen LogP contribution in [0.2, 0.25) is 5.02 Å². The number of esters is 1. The van der Waals surface area contributed by atoms with E-state index in [0.717, 1.165) is 27.7 Å². The van der Waals surface area contributed by atoms with E-state index in [0.29, 0.717) is 37.4 Å². The van der Waals surface area contributed by atoms with Gasteiger partial charge in [0.05, 0.1) is 58.2 Å². The first-order chi connectivity index (χ1) is 36.1.